The van der Waals surface area contributed by atoms with Crippen LogP contribution >= 0.6 is 0 Å². The summed E-state index contributed by atoms with van der Waals surface area (Å²) < 4.78 is 1.94. The maximum Gasteiger partial charge on any atom is 0.222 e. The van der Waals surface area contributed by atoms with Gasteiger partial charge in [0.05, 0.1) is 5.69 Å². The summed E-state index contributed by atoms with van der Waals surface area (Å²) in [6.45, 7) is 8.52. The van der Waals surface area contributed by atoms with E-state index in [4.69, 9.17) is 0 Å². The molecule has 162 valence electrons. The molecule has 30 heavy (non-hydrogen) atoms. The number of nitrogens with zero attached hydrogens (tertiary/aromatic N) is 4. The largest absolute Gasteiger partial charge is 0.354 e. The summed E-state index contributed by atoms with van der Waals surface area (Å²) in [7, 11) is 3.77. The number of carbonyl (C=O) groups excluding carboxylic acids is 1. The summed E-state index contributed by atoms with van der Waals surface area (Å²) in [4.78, 5) is 18.3. The Morgan fingerprint density at radius 2 is 2.00 bits per heavy atom. The van der Waals surface area contributed by atoms with E-state index in [2.05, 4.69) is 53.6 Å². The van der Waals surface area contributed by atoms with E-state index in [-0.39, 0.29) is 11.9 Å². The van der Waals surface area contributed by atoms with Crippen LogP contribution < -0.4 is 10.6 Å². The van der Waals surface area contributed by atoms with Crippen molar-refractivity contribution in [1.29, 1.82) is 0 Å². The van der Waals surface area contributed by atoms with Gasteiger partial charge in [0.2, 0.25) is 5.91 Å². The van der Waals surface area contributed by atoms with Crippen molar-refractivity contribution in [3.05, 3.63) is 52.3 Å². The van der Waals surface area contributed by atoms with Crippen molar-refractivity contribution in [2.45, 2.75) is 59.2 Å². The lowest BCUT2D eigenvalue weighted by atomic mass is 10.1. The first-order valence-electron chi connectivity index (χ1n) is 10.7. The van der Waals surface area contributed by atoms with E-state index in [1.807, 2.05) is 28.8 Å². The second-order valence-corrected chi connectivity index (χ2v) is 8.14. The van der Waals surface area contributed by atoms with Gasteiger partial charge in [-0.25, -0.2) is 0 Å². The smallest absolute Gasteiger partial charge is 0.222 e. The van der Waals surface area contributed by atoms with E-state index < -0.39 is 0 Å². The highest BCUT2D eigenvalue weighted by Crippen LogP contribution is 2.17. The Labute approximate surface area is 179 Å². The summed E-state index contributed by atoms with van der Waals surface area (Å²) in [5, 5.41) is 11.4. The van der Waals surface area contributed by atoms with Crippen molar-refractivity contribution >= 4 is 11.9 Å². The van der Waals surface area contributed by atoms with Gasteiger partial charge in [-0.05, 0) is 50.3 Å². The minimum atomic E-state index is 0.218. The van der Waals surface area contributed by atoms with E-state index in [0.29, 0.717) is 19.5 Å². The molecule has 0 saturated carbocycles. The number of amides is 1. The van der Waals surface area contributed by atoms with E-state index in [0.717, 1.165) is 31.0 Å². The Balaban J connectivity index is 1.58. The first kappa shape index (κ1) is 21.9. The van der Waals surface area contributed by atoms with Gasteiger partial charge >= 0.3 is 0 Å². The maximum absolute atomic E-state index is 12.0. The van der Waals surface area contributed by atoms with Crippen molar-refractivity contribution in [3.8, 4) is 0 Å². The molecule has 3 rings (SSSR count). The Morgan fingerprint density at radius 3 is 2.60 bits per heavy atom. The third kappa shape index (κ3) is 5.20. The van der Waals surface area contributed by atoms with E-state index >= 15 is 0 Å². The Morgan fingerprint density at radius 1 is 1.27 bits per heavy atom. The number of nitrogens with one attached hydrogen (secondary N) is 2. The minimum Gasteiger partial charge on any atom is -0.354 e. The number of aliphatic imine (C=N–C) groups is 1. The Bertz CT molecular complexity index is 916. The maximum atomic E-state index is 12.0. The van der Waals surface area contributed by atoms with Crippen LogP contribution in [0.3, 0.4) is 0 Å². The van der Waals surface area contributed by atoms with Crippen LogP contribution in [-0.4, -0.2) is 46.2 Å². The van der Waals surface area contributed by atoms with Gasteiger partial charge in [-0.15, -0.1) is 0 Å². The van der Waals surface area contributed by atoms with Crippen molar-refractivity contribution < 1.29 is 4.79 Å². The number of aromatic nitrogens is 2. The lowest BCUT2D eigenvalue weighted by Crippen LogP contribution is -2.43. The monoisotopic (exact) mass is 410 g/mol. The van der Waals surface area contributed by atoms with Gasteiger partial charge in [0.1, 0.15) is 0 Å². The molecule has 1 aromatic heterocycles. The number of rotatable bonds is 7. The van der Waals surface area contributed by atoms with Crippen LogP contribution in [0.5, 0.6) is 0 Å². The number of hydrogen-bond acceptors (Lipinski definition) is 3. The van der Waals surface area contributed by atoms with Crippen LogP contribution in [0.25, 0.3) is 0 Å². The molecule has 1 atom stereocenters. The van der Waals surface area contributed by atoms with Crippen LogP contribution in [0.15, 0.2) is 29.3 Å². The highest BCUT2D eigenvalue weighted by atomic mass is 16.2. The van der Waals surface area contributed by atoms with Crippen molar-refractivity contribution in [1.82, 2.24) is 25.3 Å². The van der Waals surface area contributed by atoms with Gasteiger partial charge in [0, 0.05) is 51.9 Å². The summed E-state index contributed by atoms with van der Waals surface area (Å²) >= 11 is 0. The predicted molar refractivity (Wildman–Crippen MR) is 120 cm³/mol. The van der Waals surface area contributed by atoms with Gasteiger partial charge in [-0.3, -0.25) is 14.5 Å². The average molecular weight is 411 g/mol. The highest BCUT2D eigenvalue weighted by Gasteiger charge is 2.21. The lowest BCUT2D eigenvalue weighted by Gasteiger charge is -2.21. The van der Waals surface area contributed by atoms with Crippen molar-refractivity contribution in [3.63, 3.8) is 0 Å². The zero-order valence-corrected chi connectivity index (χ0v) is 18.8. The summed E-state index contributed by atoms with van der Waals surface area (Å²) in [5.74, 6) is 1.03. The standard InChI is InChI=1S/C23H34N6O/c1-16(13-21-17(2)27-28(5)18(21)3)26-23(24-4)25-14-19-9-6-7-10-20(19)15-29-12-8-11-22(29)30/h6-7,9-10,16H,8,11-15H2,1-5H3,(H2,24,25,26). The topological polar surface area (TPSA) is 74.6 Å². The first-order chi connectivity index (χ1) is 14.4. The van der Waals surface area contributed by atoms with Crippen LogP contribution in [0.1, 0.15) is 47.8 Å². The van der Waals surface area contributed by atoms with Gasteiger partial charge in [-0.2, -0.15) is 5.10 Å². The summed E-state index contributed by atoms with van der Waals surface area (Å²) in [5.41, 5.74) is 5.94. The highest BCUT2D eigenvalue weighted by molar-refractivity contribution is 5.80. The molecule has 1 aliphatic rings. The third-order valence-electron chi connectivity index (χ3n) is 5.87. The number of aryl methyl sites for hydroxylation is 2. The first-order valence-corrected chi connectivity index (χ1v) is 10.7. The molecule has 1 saturated heterocycles. The molecule has 1 aromatic carbocycles. The van der Waals surface area contributed by atoms with Gasteiger partial charge in [-0.1, -0.05) is 24.3 Å². The molecule has 0 aliphatic carbocycles. The molecule has 2 heterocycles. The minimum absolute atomic E-state index is 0.218. The molecule has 7 nitrogen and oxygen atoms in total. The van der Waals surface area contributed by atoms with Crippen LogP contribution in [0, 0.1) is 13.8 Å². The zero-order chi connectivity index (χ0) is 21.7. The number of guanidine groups is 1. The van der Waals surface area contributed by atoms with Gasteiger partial charge < -0.3 is 15.5 Å². The fraction of sp³-hybridized carbons (Fsp3) is 0.522. The molecule has 1 unspecified atom stereocenters. The predicted octanol–water partition coefficient (Wildman–Crippen LogP) is 2.46. The molecule has 7 heteroatoms. The molecule has 2 aromatic rings. The quantitative estimate of drug-likeness (QED) is 0.543. The normalized spacial score (nSPS) is 15.6. The Kier molecular flexibility index (Phi) is 7.13. The number of carbonyl (C=O) groups is 1. The number of hydrogen-bond donors (Lipinski definition) is 2. The van der Waals surface area contributed by atoms with Crippen LogP contribution in [0.4, 0.5) is 0 Å². The van der Waals surface area contributed by atoms with E-state index in [1.54, 1.807) is 7.05 Å². The molecule has 0 spiro atoms. The van der Waals surface area contributed by atoms with E-state index in [9.17, 15) is 4.79 Å². The zero-order valence-electron chi connectivity index (χ0n) is 18.8. The second-order valence-electron chi connectivity index (χ2n) is 8.14. The fourth-order valence-electron chi connectivity index (χ4n) is 4.04. The van der Waals surface area contributed by atoms with Gasteiger partial charge in [0.25, 0.3) is 0 Å². The van der Waals surface area contributed by atoms with Crippen molar-refractivity contribution in [2.24, 2.45) is 12.0 Å². The second kappa shape index (κ2) is 9.78. The van der Waals surface area contributed by atoms with Gasteiger partial charge in [0.15, 0.2) is 5.96 Å². The molecule has 1 fully saturated rings. The van der Waals surface area contributed by atoms with Crippen molar-refractivity contribution in [2.75, 3.05) is 13.6 Å². The number of benzene rings is 1. The molecule has 0 bridgehead atoms. The fourth-order valence-corrected chi connectivity index (χ4v) is 4.04. The molecule has 0 radical (unpaired) electrons. The Hall–Kier alpha value is -2.83. The summed E-state index contributed by atoms with van der Waals surface area (Å²) in [6.07, 6.45) is 2.52. The molecular weight excluding hydrogens is 376 g/mol. The molecule has 1 aliphatic heterocycles. The van der Waals surface area contributed by atoms with E-state index in [1.165, 1.54) is 22.4 Å². The SMILES string of the molecule is CN=C(NCc1ccccc1CN1CCCC1=O)NC(C)Cc1c(C)nn(C)c1C. The molecule has 1 amide bonds. The molecule has 2 N–H and O–H groups in total. The third-order valence-corrected chi connectivity index (χ3v) is 5.87. The average Bonchev–Trinajstić information content (AvgIpc) is 3.23. The van der Waals surface area contributed by atoms with Crippen LogP contribution in [0.2, 0.25) is 0 Å². The summed E-state index contributed by atoms with van der Waals surface area (Å²) in [6, 6.07) is 8.51. The lowest BCUT2D eigenvalue weighted by molar-refractivity contribution is -0.128. The van der Waals surface area contributed by atoms with Crippen LogP contribution in [-0.2, 0) is 31.4 Å². The molecular formula is C23H34N6O. The number of likely N-dealkylation sites (tertiary alicyclic amines) is 1.